The Bertz CT molecular complexity index is 864. The second kappa shape index (κ2) is 6.37. The predicted molar refractivity (Wildman–Crippen MR) is 88.7 cm³/mol. The molecule has 0 aliphatic carbocycles. The van der Waals surface area contributed by atoms with Gasteiger partial charge in [-0.05, 0) is 55.3 Å². The van der Waals surface area contributed by atoms with Crippen LogP contribution in [0.25, 0.3) is 0 Å². The topological polar surface area (TPSA) is 75.3 Å². The quantitative estimate of drug-likeness (QED) is 0.901. The van der Waals surface area contributed by atoms with Crippen LogP contribution >= 0.6 is 0 Å². The van der Waals surface area contributed by atoms with Crippen molar-refractivity contribution in [3.8, 4) is 0 Å². The smallest absolute Gasteiger partial charge is 0.255 e. The van der Waals surface area contributed by atoms with E-state index in [0.29, 0.717) is 11.3 Å². The molecule has 0 spiro atoms. The van der Waals surface area contributed by atoms with E-state index < -0.39 is 15.8 Å². The van der Waals surface area contributed by atoms with Gasteiger partial charge in [0.15, 0.2) is 0 Å². The van der Waals surface area contributed by atoms with Gasteiger partial charge in [-0.15, -0.1) is 0 Å². The van der Waals surface area contributed by atoms with Crippen LogP contribution in [0.1, 0.15) is 21.5 Å². The molecule has 2 aromatic rings. The van der Waals surface area contributed by atoms with Crippen LogP contribution < -0.4 is 10.0 Å². The summed E-state index contributed by atoms with van der Waals surface area (Å²) in [5, 5.41) is 2.62. The minimum Gasteiger partial charge on any atom is -0.322 e. The highest BCUT2D eigenvalue weighted by Gasteiger charge is 2.11. The molecule has 0 saturated carbocycles. The Balaban J connectivity index is 2.24. The van der Waals surface area contributed by atoms with Crippen LogP contribution in [0, 0.1) is 19.7 Å². The molecule has 0 aromatic heterocycles. The lowest BCUT2D eigenvalue weighted by Crippen LogP contribution is -2.14. The summed E-state index contributed by atoms with van der Waals surface area (Å²) in [6.45, 7) is 3.85. The lowest BCUT2D eigenvalue weighted by molar-refractivity contribution is 0.102. The van der Waals surface area contributed by atoms with E-state index >= 15 is 0 Å². The molecule has 5 nitrogen and oxygen atoms in total. The monoisotopic (exact) mass is 336 g/mol. The van der Waals surface area contributed by atoms with Crippen molar-refractivity contribution in [3.63, 3.8) is 0 Å². The highest BCUT2D eigenvalue weighted by molar-refractivity contribution is 7.92. The van der Waals surface area contributed by atoms with Crippen molar-refractivity contribution in [2.24, 2.45) is 0 Å². The number of carbonyl (C=O) groups is 1. The lowest BCUT2D eigenvalue weighted by Gasteiger charge is -2.10. The van der Waals surface area contributed by atoms with Gasteiger partial charge in [0, 0.05) is 11.3 Å². The minimum atomic E-state index is -3.61. The maximum atomic E-state index is 13.6. The second-order valence-corrected chi connectivity index (χ2v) is 7.07. The van der Waals surface area contributed by atoms with E-state index in [1.165, 1.54) is 12.1 Å². The van der Waals surface area contributed by atoms with Gasteiger partial charge >= 0.3 is 0 Å². The Labute approximate surface area is 134 Å². The Morgan fingerprint density at radius 1 is 1.04 bits per heavy atom. The van der Waals surface area contributed by atoms with Crippen LogP contribution in [0.15, 0.2) is 36.4 Å². The molecule has 1 amide bonds. The Hall–Kier alpha value is -2.41. The first-order chi connectivity index (χ1) is 10.7. The largest absolute Gasteiger partial charge is 0.322 e. The van der Waals surface area contributed by atoms with E-state index in [2.05, 4.69) is 10.0 Å². The van der Waals surface area contributed by atoms with Crippen molar-refractivity contribution in [3.05, 3.63) is 58.9 Å². The van der Waals surface area contributed by atoms with Crippen molar-refractivity contribution in [2.75, 3.05) is 16.3 Å². The predicted octanol–water partition coefficient (Wildman–Crippen LogP) is 3.07. The van der Waals surface area contributed by atoms with Gasteiger partial charge < -0.3 is 5.32 Å². The molecular formula is C16H17FN2O3S. The zero-order chi connectivity index (χ0) is 17.2. The van der Waals surface area contributed by atoms with E-state index in [-0.39, 0.29) is 11.6 Å². The van der Waals surface area contributed by atoms with E-state index in [1.54, 1.807) is 12.1 Å². The first-order valence-electron chi connectivity index (χ1n) is 6.81. The standard InChI is InChI=1S/C16H17FN2O3S/c1-10-4-5-12(8-11(10)2)16(20)18-13-6-7-14(17)15(9-13)19-23(3,21)22/h4-9,19H,1-3H3,(H,18,20). The van der Waals surface area contributed by atoms with Crippen LogP contribution in [0.3, 0.4) is 0 Å². The molecule has 0 radical (unpaired) electrons. The van der Waals surface area contributed by atoms with Gasteiger partial charge in [-0.1, -0.05) is 6.07 Å². The SMILES string of the molecule is Cc1ccc(C(=O)Nc2ccc(F)c(NS(C)(=O)=O)c2)cc1C. The summed E-state index contributed by atoms with van der Waals surface area (Å²) < 4.78 is 38.1. The van der Waals surface area contributed by atoms with E-state index in [4.69, 9.17) is 0 Å². The number of hydrogen-bond acceptors (Lipinski definition) is 3. The molecule has 0 fully saturated rings. The van der Waals surface area contributed by atoms with Crippen molar-refractivity contribution in [1.82, 2.24) is 0 Å². The molecule has 0 atom stereocenters. The maximum Gasteiger partial charge on any atom is 0.255 e. The van der Waals surface area contributed by atoms with Crippen molar-refractivity contribution in [1.29, 1.82) is 0 Å². The summed E-state index contributed by atoms with van der Waals surface area (Å²) in [6.07, 6.45) is 0.923. The summed E-state index contributed by atoms with van der Waals surface area (Å²) >= 11 is 0. The molecule has 0 heterocycles. The highest BCUT2D eigenvalue weighted by Crippen LogP contribution is 2.21. The summed E-state index contributed by atoms with van der Waals surface area (Å²) in [7, 11) is -3.61. The van der Waals surface area contributed by atoms with Crippen LogP contribution in [0.4, 0.5) is 15.8 Å². The van der Waals surface area contributed by atoms with Crippen molar-refractivity contribution in [2.45, 2.75) is 13.8 Å². The second-order valence-electron chi connectivity index (χ2n) is 5.32. The van der Waals surface area contributed by atoms with E-state index in [0.717, 1.165) is 23.4 Å². The molecule has 122 valence electrons. The number of carbonyl (C=O) groups excluding carboxylic acids is 1. The van der Waals surface area contributed by atoms with Crippen LogP contribution in [0.2, 0.25) is 0 Å². The fourth-order valence-corrected chi connectivity index (χ4v) is 2.52. The summed E-state index contributed by atoms with van der Waals surface area (Å²) in [6, 6.07) is 8.97. The van der Waals surface area contributed by atoms with Gasteiger partial charge in [0.25, 0.3) is 5.91 Å². The van der Waals surface area contributed by atoms with E-state index in [1.807, 2.05) is 19.9 Å². The van der Waals surface area contributed by atoms with Gasteiger partial charge in [-0.25, -0.2) is 12.8 Å². The number of benzene rings is 2. The van der Waals surface area contributed by atoms with Gasteiger partial charge in [-0.3, -0.25) is 9.52 Å². The average molecular weight is 336 g/mol. The fourth-order valence-electron chi connectivity index (χ4n) is 1.97. The number of hydrogen-bond donors (Lipinski definition) is 2. The van der Waals surface area contributed by atoms with Gasteiger partial charge in [0.1, 0.15) is 5.82 Å². The minimum absolute atomic E-state index is 0.217. The molecule has 7 heteroatoms. The first kappa shape index (κ1) is 17.0. The van der Waals surface area contributed by atoms with Gasteiger partial charge in [0.05, 0.1) is 11.9 Å². The number of amides is 1. The number of aryl methyl sites for hydroxylation is 2. The normalized spacial score (nSPS) is 11.1. The molecule has 0 unspecified atom stereocenters. The lowest BCUT2D eigenvalue weighted by atomic mass is 10.1. The molecule has 0 bridgehead atoms. The Kier molecular flexibility index (Phi) is 4.70. The molecular weight excluding hydrogens is 319 g/mol. The number of rotatable bonds is 4. The molecule has 2 rings (SSSR count). The molecule has 2 aromatic carbocycles. The molecule has 0 aliphatic heterocycles. The Morgan fingerprint density at radius 2 is 1.74 bits per heavy atom. The van der Waals surface area contributed by atoms with Crippen molar-refractivity contribution >= 4 is 27.3 Å². The highest BCUT2D eigenvalue weighted by atomic mass is 32.2. The number of sulfonamides is 1. The number of nitrogens with one attached hydrogen (secondary N) is 2. The maximum absolute atomic E-state index is 13.6. The van der Waals surface area contributed by atoms with Crippen LogP contribution in [-0.2, 0) is 10.0 Å². The van der Waals surface area contributed by atoms with E-state index in [9.17, 15) is 17.6 Å². The summed E-state index contributed by atoms with van der Waals surface area (Å²) in [4.78, 5) is 12.2. The zero-order valence-corrected chi connectivity index (χ0v) is 13.8. The molecule has 0 aliphatic rings. The summed E-state index contributed by atoms with van der Waals surface area (Å²) in [5.41, 5.74) is 2.60. The van der Waals surface area contributed by atoms with Crippen LogP contribution in [-0.4, -0.2) is 20.6 Å². The average Bonchev–Trinajstić information content (AvgIpc) is 2.44. The fraction of sp³-hybridized carbons (Fsp3) is 0.188. The number of anilines is 2. The third-order valence-electron chi connectivity index (χ3n) is 3.29. The zero-order valence-electron chi connectivity index (χ0n) is 13.0. The van der Waals surface area contributed by atoms with Crippen molar-refractivity contribution < 1.29 is 17.6 Å². The van der Waals surface area contributed by atoms with Gasteiger partial charge in [-0.2, -0.15) is 0 Å². The molecule has 0 saturated heterocycles. The third kappa shape index (κ3) is 4.53. The first-order valence-corrected chi connectivity index (χ1v) is 8.71. The number of halogens is 1. The Morgan fingerprint density at radius 3 is 2.35 bits per heavy atom. The third-order valence-corrected chi connectivity index (χ3v) is 3.88. The van der Waals surface area contributed by atoms with Gasteiger partial charge in [0.2, 0.25) is 10.0 Å². The summed E-state index contributed by atoms with van der Waals surface area (Å²) in [5.74, 6) is -1.08. The van der Waals surface area contributed by atoms with Crippen LogP contribution in [0.5, 0.6) is 0 Å². The molecule has 23 heavy (non-hydrogen) atoms. The molecule has 2 N–H and O–H groups in total.